The van der Waals surface area contributed by atoms with Crippen molar-refractivity contribution in [2.24, 2.45) is 0 Å². The van der Waals surface area contributed by atoms with Gasteiger partial charge in [-0.25, -0.2) is 14.4 Å². The second-order valence-corrected chi connectivity index (χ2v) is 4.17. The topological polar surface area (TPSA) is 206 Å². The lowest BCUT2D eigenvalue weighted by molar-refractivity contribution is -0.839. The van der Waals surface area contributed by atoms with E-state index in [1.165, 1.54) is 0 Å². The first-order valence-electron chi connectivity index (χ1n) is 6.66. The van der Waals surface area contributed by atoms with Crippen LogP contribution in [0.3, 0.4) is 0 Å². The zero-order valence-electron chi connectivity index (χ0n) is 12.9. The first kappa shape index (κ1) is 23.8. The number of nitrogens with one attached hydrogen (secondary N) is 1. The van der Waals surface area contributed by atoms with Crippen molar-refractivity contribution in [2.45, 2.75) is 44.9 Å². The Morgan fingerprint density at radius 2 is 1.58 bits per heavy atom. The van der Waals surface area contributed by atoms with Crippen molar-refractivity contribution in [3.8, 4) is 0 Å². The number of hydrogen-bond acceptors (Lipinski definition) is 10. The molecule has 24 heavy (non-hydrogen) atoms. The van der Waals surface area contributed by atoms with Gasteiger partial charge in [0.25, 0.3) is 0 Å². The minimum atomic E-state index is -2.27. The number of nitrogens with zero attached hydrogens (tertiary/aromatic N) is 1. The molecule has 0 aromatic rings. The number of aliphatic hydroxyl groups is 2. The number of aliphatic hydroxyl groups excluding tert-OH is 2. The van der Waals surface area contributed by atoms with Gasteiger partial charge in [0.15, 0.2) is 12.2 Å². The molecule has 13 nitrogen and oxygen atoms in total. The van der Waals surface area contributed by atoms with Gasteiger partial charge in [0, 0.05) is 0 Å². The molecule has 3 atom stereocenters. The van der Waals surface area contributed by atoms with Crippen LogP contribution in [0.5, 0.6) is 0 Å². The Bertz CT molecular complexity index is 404. The monoisotopic (exact) mass is 356 g/mol. The zero-order chi connectivity index (χ0) is 19.3. The molecule has 0 saturated heterocycles. The van der Waals surface area contributed by atoms with Crippen LogP contribution in [0.1, 0.15) is 26.7 Å². The largest absolute Gasteiger partial charge is 0.479 e. The minimum Gasteiger partial charge on any atom is -0.479 e. The average Bonchev–Trinajstić information content (AvgIpc) is 2.51. The van der Waals surface area contributed by atoms with E-state index in [1.54, 1.807) is 0 Å². The van der Waals surface area contributed by atoms with E-state index in [0.717, 1.165) is 6.42 Å². The molecule has 0 spiro atoms. The lowest BCUT2D eigenvalue weighted by Crippen LogP contribution is -2.39. The Kier molecular flexibility index (Phi) is 12.8. The van der Waals surface area contributed by atoms with Gasteiger partial charge in [-0.2, -0.15) is 0 Å². The van der Waals surface area contributed by atoms with Crippen LogP contribution in [0, 0.1) is 10.1 Å². The molecule has 0 aliphatic heterocycles. The van der Waals surface area contributed by atoms with Gasteiger partial charge in [0.2, 0.25) is 0 Å². The van der Waals surface area contributed by atoms with Crippen LogP contribution in [0.15, 0.2) is 0 Å². The third kappa shape index (κ3) is 11.1. The van der Waals surface area contributed by atoms with Crippen molar-refractivity contribution < 1.29 is 49.8 Å². The molecule has 0 radical (unpaired) electrons. The fourth-order valence-electron chi connectivity index (χ4n) is 1.23. The molecule has 3 unspecified atom stereocenters. The lowest BCUT2D eigenvalue weighted by atomic mass is 10.2. The minimum absolute atomic E-state index is 0.549. The van der Waals surface area contributed by atoms with Crippen molar-refractivity contribution in [1.29, 1.82) is 0 Å². The fourth-order valence-corrected chi connectivity index (χ4v) is 1.23. The van der Waals surface area contributed by atoms with Crippen LogP contribution in [0.4, 0.5) is 0 Å². The molecule has 0 aliphatic rings. The summed E-state index contributed by atoms with van der Waals surface area (Å²) < 4.78 is 0. The van der Waals surface area contributed by atoms with Crippen molar-refractivity contribution in [3.63, 3.8) is 0 Å². The van der Waals surface area contributed by atoms with Crippen LogP contribution >= 0.6 is 0 Å². The third-order valence-corrected chi connectivity index (χ3v) is 2.30. The van der Waals surface area contributed by atoms with Crippen molar-refractivity contribution >= 4 is 17.9 Å². The van der Waals surface area contributed by atoms with E-state index in [1.807, 2.05) is 13.8 Å². The van der Waals surface area contributed by atoms with Crippen LogP contribution in [0.25, 0.3) is 0 Å². The standard InChI is InChI=1S/C7H14N2O5.C4H6O6/c1-3-5-6(8-4-2)7(10)13-14-9(11)12;5-1(3(7)8)2(6)4(9)10/h6,8H,3-5H2,1-2H3;1-2,5-6H,(H,7,8)(H,9,10). The maximum absolute atomic E-state index is 11.1. The highest BCUT2D eigenvalue weighted by atomic mass is 17.3. The van der Waals surface area contributed by atoms with Gasteiger partial charge in [0.05, 0.1) is 0 Å². The molecular formula is C11H20N2O11. The van der Waals surface area contributed by atoms with Crippen LogP contribution in [-0.4, -0.2) is 68.2 Å². The summed E-state index contributed by atoms with van der Waals surface area (Å²) in [7, 11) is 0. The molecule has 0 heterocycles. The summed E-state index contributed by atoms with van der Waals surface area (Å²) in [6.45, 7) is 4.30. The van der Waals surface area contributed by atoms with Crippen LogP contribution in [-0.2, 0) is 24.3 Å². The van der Waals surface area contributed by atoms with Gasteiger partial charge < -0.3 is 25.7 Å². The van der Waals surface area contributed by atoms with E-state index < -0.39 is 41.2 Å². The Hall–Kier alpha value is -2.51. The SMILES string of the molecule is CCCC(NCC)C(=O)OO[N+](=O)[O-].O=C(O)C(O)C(O)C(=O)O. The van der Waals surface area contributed by atoms with Gasteiger partial charge in [-0.05, 0) is 13.0 Å². The second kappa shape index (κ2) is 13.0. The second-order valence-electron chi connectivity index (χ2n) is 4.17. The summed E-state index contributed by atoms with van der Waals surface area (Å²) in [5, 5.41) is 43.9. The maximum atomic E-state index is 11.1. The number of aliphatic carboxylic acids is 2. The Morgan fingerprint density at radius 3 is 1.88 bits per heavy atom. The first-order valence-corrected chi connectivity index (χ1v) is 6.66. The summed E-state index contributed by atoms with van der Waals surface area (Å²) in [4.78, 5) is 47.9. The van der Waals surface area contributed by atoms with E-state index in [-0.39, 0.29) is 0 Å². The maximum Gasteiger partial charge on any atom is 0.359 e. The molecule has 0 fully saturated rings. The molecule has 140 valence electrons. The highest BCUT2D eigenvalue weighted by molar-refractivity contribution is 5.83. The molecule has 0 saturated carbocycles. The number of rotatable bonds is 10. The first-order chi connectivity index (χ1) is 11.1. The third-order valence-electron chi connectivity index (χ3n) is 2.30. The van der Waals surface area contributed by atoms with Gasteiger partial charge in [0.1, 0.15) is 6.04 Å². The van der Waals surface area contributed by atoms with Crippen LogP contribution in [0.2, 0.25) is 0 Å². The lowest BCUT2D eigenvalue weighted by Gasteiger charge is -2.13. The van der Waals surface area contributed by atoms with Crippen molar-refractivity contribution in [2.75, 3.05) is 6.54 Å². The number of carbonyl (C=O) groups excluding carboxylic acids is 1. The normalized spacial score (nSPS) is 13.5. The van der Waals surface area contributed by atoms with Gasteiger partial charge in [-0.1, -0.05) is 25.3 Å². The average molecular weight is 356 g/mol. The summed E-state index contributed by atoms with van der Waals surface area (Å²) in [5.41, 5.74) is 0. The summed E-state index contributed by atoms with van der Waals surface area (Å²) in [6, 6.07) is -0.551. The number of carboxylic acids is 2. The van der Waals surface area contributed by atoms with Gasteiger partial charge in [-0.15, -0.1) is 10.1 Å². The molecule has 13 heteroatoms. The van der Waals surface area contributed by atoms with E-state index >= 15 is 0 Å². The Balaban J connectivity index is 0. The molecule has 5 N–H and O–H groups in total. The molecule has 0 aromatic carbocycles. The fraction of sp³-hybridized carbons (Fsp3) is 0.727. The van der Waals surface area contributed by atoms with E-state index in [9.17, 15) is 24.5 Å². The molecular weight excluding hydrogens is 336 g/mol. The molecule has 0 aliphatic carbocycles. The zero-order valence-corrected chi connectivity index (χ0v) is 12.9. The van der Waals surface area contributed by atoms with Gasteiger partial charge >= 0.3 is 23.0 Å². The van der Waals surface area contributed by atoms with E-state index in [0.29, 0.717) is 13.0 Å². The highest BCUT2D eigenvalue weighted by Gasteiger charge is 2.29. The predicted octanol–water partition coefficient (Wildman–Crippen LogP) is -1.69. The van der Waals surface area contributed by atoms with Crippen molar-refractivity contribution in [3.05, 3.63) is 10.1 Å². The molecule has 0 aromatic heterocycles. The smallest absolute Gasteiger partial charge is 0.359 e. The summed E-state index contributed by atoms with van der Waals surface area (Å²) in [5.74, 6) is -4.31. The number of hydrogen-bond donors (Lipinski definition) is 5. The van der Waals surface area contributed by atoms with E-state index in [4.69, 9.17) is 20.4 Å². The summed E-state index contributed by atoms with van der Waals surface area (Å²) in [6.07, 6.45) is -3.21. The number of carbonyl (C=O) groups is 3. The predicted molar refractivity (Wildman–Crippen MR) is 73.8 cm³/mol. The highest BCUT2D eigenvalue weighted by Crippen LogP contribution is 1.99. The number of carboxylic acid groups (broad SMARTS) is 2. The van der Waals surface area contributed by atoms with Gasteiger partial charge in [-0.3, -0.25) is 4.89 Å². The van der Waals surface area contributed by atoms with Crippen molar-refractivity contribution in [1.82, 2.24) is 5.32 Å². The summed E-state index contributed by atoms with van der Waals surface area (Å²) >= 11 is 0. The van der Waals surface area contributed by atoms with Crippen LogP contribution < -0.4 is 5.32 Å². The molecule has 0 rings (SSSR count). The number of likely N-dealkylation sites (N-methyl/N-ethyl adjacent to an activating group) is 1. The molecule has 0 amide bonds. The molecule has 0 bridgehead atoms. The van der Waals surface area contributed by atoms with E-state index in [2.05, 4.69) is 15.2 Å². The Labute approximate surface area is 135 Å². The quantitative estimate of drug-likeness (QED) is 0.169. The Morgan fingerprint density at radius 1 is 1.12 bits per heavy atom.